The van der Waals surface area contributed by atoms with Gasteiger partial charge in [-0.2, -0.15) is 0 Å². The monoisotopic (exact) mass is 411 g/mol. The molecule has 9 heteroatoms. The van der Waals surface area contributed by atoms with Crippen LogP contribution in [0.4, 0.5) is 0 Å². The van der Waals surface area contributed by atoms with Gasteiger partial charge in [0.25, 0.3) is 23.2 Å². The van der Waals surface area contributed by atoms with Crippen LogP contribution in [-0.2, 0) is 0 Å². The van der Waals surface area contributed by atoms with Crippen molar-refractivity contribution >= 4 is 69.1 Å². The molecule has 1 heterocycles. The van der Waals surface area contributed by atoms with Crippen molar-refractivity contribution in [2.24, 2.45) is 0 Å². The van der Waals surface area contributed by atoms with Gasteiger partial charge < -0.3 is 12.7 Å². The predicted molar refractivity (Wildman–Crippen MR) is 71.5 cm³/mol. The van der Waals surface area contributed by atoms with Gasteiger partial charge in [0.1, 0.15) is 0 Å². The van der Waals surface area contributed by atoms with Gasteiger partial charge in [-0.25, -0.2) is 0 Å². The quantitative estimate of drug-likeness (QED) is 0.413. The molecule has 0 aliphatic carbocycles. The summed E-state index contributed by atoms with van der Waals surface area (Å²) in [6.07, 6.45) is 0. The average Bonchev–Trinajstić information content (AvgIpc) is 2.08. The van der Waals surface area contributed by atoms with E-state index in [0.29, 0.717) is 0 Å². The third-order valence-electron chi connectivity index (χ3n) is 2.02. The van der Waals surface area contributed by atoms with Crippen LogP contribution in [0.5, 0.6) is 0 Å². The molecule has 0 aromatic carbocycles. The number of nitrogens with zero attached hydrogens (tertiary/aromatic N) is 3. The van der Waals surface area contributed by atoms with Gasteiger partial charge in [-0.3, -0.25) is 0 Å². The highest BCUT2D eigenvalue weighted by molar-refractivity contribution is 9.27. The summed E-state index contributed by atoms with van der Waals surface area (Å²) >= 11 is 11.4. The minimum absolute atomic E-state index is 0.970. The summed E-state index contributed by atoms with van der Waals surface area (Å²) in [6, 6.07) is 0. The predicted octanol–water partition coefficient (Wildman–Crippen LogP) is 0.132. The van der Waals surface area contributed by atoms with E-state index < -0.39 is 23.2 Å². The van der Waals surface area contributed by atoms with Crippen molar-refractivity contribution in [1.29, 1.82) is 0 Å². The minimum atomic E-state index is -0.970. The van der Waals surface area contributed by atoms with Crippen LogP contribution in [0.2, 0.25) is 0 Å². The van der Waals surface area contributed by atoms with Gasteiger partial charge in [0.2, 0.25) is 0 Å². The zero-order valence-electron chi connectivity index (χ0n) is 7.21. The number of hydrogen-bond acceptors (Lipinski definition) is 3. The first kappa shape index (κ1) is 12.0. The van der Waals surface area contributed by atoms with Gasteiger partial charge in [0.15, 0.2) is 0 Å². The number of halogens is 3. The van der Waals surface area contributed by atoms with Crippen LogP contribution >= 0.6 is 45.9 Å². The highest BCUT2D eigenvalue weighted by atomic mass is 79.9. The topological polar surface area (TPSA) is 9.72 Å². The summed E-state index contributed by atoms with van der Waals surface area (Å²) in [5, 5.41) is 0. The van der Waals surface area contributed by atoms with E-state index >= 15 is 0 Å². The van der Waals surface area contributed by atoms with Crippen LogP contribution in [-0.4, -0.2) is 57.1 Å². The maximum atomic E-state index is 3.80. The summed E-state index contributed by atoms with van der Waals surface area (Å²) in [5.41, 5.74) is 0. The largest absolute Gasteiger partial charge is 0.312 e. The van der Waals surface area contributed by atoms with Gasteiger partial charge in [0, 0.05) is 0 Å². The first-order chi connectivity index (χ1) is 5.46. The standard InChI is InChI=1S/C3H12Br3N3Si3/c1-7-10(4)8(2)12(6)9(3)11(7)5/h10-12H,1-3H3. The van der Waals surface area contributed by atoms with Crippen LogP contribution in [0.15, 0.2) is 0 Å². The zero-order valence-corrected chi connectivity index (χ0v) is 15.4. The Hall–Kier alpha value is 1.97. The van der Waals surface area contributed by atoms with Gasteiger partial charge in [-0.05, 0) is 21.1 Å². The van der Waals surface area contributed by atoms with Crippen molar-refractivity contribution in [3.05, 3.63) is 0 Å². The molecule has 1 aliphatic rings. The normalized spacial score (nSPS) is 42.0. The fourth-order valence-corrected chi connectivity index (χ4v) is 31.2. The lowest BCUT2D eigenvalue weighted by Gasteiger charge is -2.46. The van der Waals surface area contributed by atoms with E-state index in [1.165, 1.54) is 0 Å². The molecule has 0 radical (unpaired) electrons. The van der Waals surface area contributed by atoms with E-state index in [-0.39, 0.29) is 0 Å². The molecule has 0 N–H and O–H groups in total. The van der Waals surface area contributed by atoms with Gasteiger partial charge in [-0.15, -0.1) is 0 Å². The van der Waals surface area contributed by atoms with E-state index in [1.807, 2.05) is 0 Å². The molecule has 0 bridgehead atoms. The molecule has 0 atom stereocenters. The first-order valence-corrected chi connectivity index (χ1v) is 16.2. The molecule has 0 aromatic rings. The molecular formula is C3H12Br3N3Si3. The minimum Gasteiger partial charge on any atom is -0.312 e. The SMILES string of the molecule is CN1[SiH](Br)N(C)[SiH](Br)N(C)[SiH]1Br. The molecule has 1 fully saturated rings. The fraction of sp³-hybridized carbons (Fsp3) is 1.00. The second-order valence-corrected chi connectivity index (χ2v) is 18.8. The summed E-state index contributed by atoms with van der Waals surface area (Å²) in [7, 11) is 3.71. The summed E-state index contributed by atoms with van der Waals surface area (Å²) in [6.45, 7) is 0. The van der Waals surface area contributed by atoms with Crippen molar-refractivity contribution in [2.75, 3.05) is 21.1 Å². The van der Waals surface area contributed by atoms with Gasteiger partial charge in [0.05, 0.1) is 0 Å². The Morgan fingerprint density at radius 2 is 0.833 bits per heavy atom. The maximum absolute atomic E-state index is 3.80. The van der Waals surface area contributed by atoms with Crippen LogP contribution in [0.1, 0.15) is 0 Å². The molecule has 0 spiro atoms. The van der Waals surface area contributed by atoms with Crippen molar-refractivity contribution in [3.8, 4) is 0 Å². The van der Waals surface area contributed by atoms with E-state index in [0.717, 1.165) is 0 Å². The van der Waals surface area contributed by atoms with Gasteiger partial charge in [-0.1, -0.05) is 45.9 Å². The Morgan fingerprint density at radius 3 is 1.00 bits per heavy atom. The molecule has 0 unspecified atom stereocenters. The summed E-state index contributed by atoms with van der Waals surface area (Å²) in [5.74, 6) is 0. The molecule has 0 saturated carbocycles. The Labute approximate surface area is 102 Å². The second-order valence-electron chi connectivity index (χ2n) is 2.93. The van der Waals surface area contributed by atoms with Crippen LogP contribution in [0.25, 0.3) is 0 Å². The van der Waals surface area contributed by atoms with Crippen molar-refractivity contribution in [3.63, 3.8) is 0 Å². The van der Waals surface area contributed by atoms with E-state index in [9.17, 15) is 0 Å². The van der Waals surface area contributed by atoms with Crippen molar-refractivity contribution < 1.29 is 0 Å². The van der Waals surface area contributed by atoms with E-state index in [2.05, 4.69) is 79.7 Å². The molecule has 3 nitrogen and oxygen atoms in total. The van der Waals surface area contributed by atoms with Gasteiger partial charge >= 0.3 is 0 Å². The molecule has 72 valence electrons. The lowest BCUT2D eigenvalue weighted by molar-refractivity contribution is 0.586. The van der Waals surface area contributed by atoms with E-state index in [4.69, 9.17) is 0 Å². The Morgan fingerprint density at radius 1 is 0.667 bits per heavy atom. The Bertz CT molecular complexity index is 116. The van der Waals surface area contributed by atoms with Crippen molar-refractivity contribution in [2.45, 2.75) is 0 Å². The number of hydrogen-bond donors (Lipinski definition) is 0. The average molecular weight is 414 g/mol. The Kier molecular flexibility index (Phi) is 4.68. The van der Waals surface area contributed by atoms with E-state index in [1.54, 1.807) is 0 Å². The summed E-state index contributed by atoms with van der Waals surface area (Å²) < 4.78 is 7.47. The highest BCUT2D eigenvalue weighted by Gasteiger charge is 2.40. The molecule has 1 saturated heterocycles. The molecule has 0 amide bonds. The number of rotatable bonds is 0. The zero-order chi connectivity index (χ0) is 9.46. The molecule has 12 heavy (non-hydrogen) atoms. The Balaban J connectivity index is 2.76. The molecule has 1 aliphatic heterocycles. The third-order valence-corrected chi connectivity index (χ3v) is 30.6. The smallest absolute Gasteiger partial charge is 0.253 e. The lowest BCUT2D eigenvalue weighted by Crippen LogP contribution is -2.69. The lowest BCUT2D eigenvalue weighted by atomic mass is 11.6. The van der Waals surface area contributed by atoms with Crippen LogP contribution in [0.3, 0.4) is 0 Å². The first-order valence-electron chi connectivity index (χ1n) is 3.55. The van der Waals surface area contributed by atoms with Crippen molar-refractivity contribution in [1.82, 2.24) is 12.7 Å². The third kappa shape index (κ3) is 2.14. The summed E-state index contributed by atoms with van der Waals surface area (Å²) in [4.78, 5) is 0. The molecular weight excluding hydrogens is 402 g/mol. The second kappa shape index (κ2) is 4.66. The molecule has 1 rings (SSSR count). The van der Waals surface area contributed by atoms with Crippen LogP contribution in [0, 0.1) is 0 Å². The molecule has 0 aromatic heterocycles. The maximum Gasteiger partial charge on any atom is 0.253 e. The van der Waals surface area contributed by atoms with Crippen LogP contribution < -0.4 is 0 Å². The highest BCUT2D eigenvalue weighted by Crippen LogP contribution is 2.23. The fourth-order valence-electron chi connectivity index (χ4n) is 1.17.